The van der Waals surface area contributed by atoms with Crippen molar-refractivity contribution >= 4 is 33.3 Å². The van der Waals surface area contributed by atoms with Gasteiger partial charge in [-0.25, -0.2) is 4.98 Å². The second kappa shape index (κ2) is 6.46. The lowest BCUT2D eigenvalue weighted by atomic mass is 10.0. The number of pyridine rings is 1. The maximum absolute atomic E-state index is 10.9. The predicted molar refractivity (Wildman–Crippen MR) is 86.6 cm³/mol. The average molecular weight is 376 g/mol. The number of phenolic OH excluding ortho intramolecular Hbond substituents is 2. The number of nitro groups is 1. The minimum absolute atomic E-state index is 0.198. The van der Waals surface area contributed by atoms with Crippen LogP contribution in [-0.2, 0) is 0 Å². The maximum atomic E-state index is 10.9. The molecule has 1 aromatic heterocycles. The number of hydrogen-bond acceptors (Lipinski definition) is 6. The van der Waals surface area contributed by atoms with Gasteiger partial charge in [-0.15, -0.1) is 0 Å². The lowest BCUT2D eigenvalue weighted by Crippen LogP contribution is -1.92. The number of aryl methyl sites for hydroxylation is 1. The van der Waals surface area contributed by atoms with Crippen LogP contribution in [0.4, 0.5) is 5.69 Å². The van der Waals surface area contributed by atoms with Gasteiger partial charge < -0.3 is 10.2 Å². The van der Waals surface area contributed by atoms with Crippen LogP contribution in [0.5, 0.6) is 11.5 Å². The van der Waals surface area contributed by atoms with E-state index in [2.05, 4.69) is 20.9 Å². The van der Waals surface area contributed by atoms with Gasteiger partial charge in [-0.05, 0) is 52.7 Å². The van der Waals surface area contributed by atoms with Crippen molar-refractivity contribution in [2.45, 2.75) is 6.92 Å². The van der Waals surface area contributed by atoms with Crippen molar-refractivity contribution in [1.82, 2.24) is 4.98 Å². The lowest BCUT2D eigenvalue weighted by Gasteiger charge is -2.05. The molecule has 0 spiro atoms. The van der Waals surface area contributed by atoms with Crippen LogP contribution in [0.1, 0.15) is 16.8 Å². The van der Waals surface area contributed by atoms with Gasteiger partial charge in [0, 0.05) is 17.3 Å². The molecule has 1 heterocycles. The Bertz CT molecular complexity index is 872. The van der Waals surface area contributed by atoms with E-state index in [1.54, 1.807) is 19.1 Å². The monoisotopic (exact) mass is 375 g/mol. The van der Waals surface area contributed by atoms with E-state index in [9.17, 15) is 25.6 Å². The van der Waals surface area contributed by atoms with Crippen LogP contribution < -0.4 is 0 Å². The summed E-state index contributed by atoms with van der Waals surface area (Å²) in [6.07, 6.45) is 1.36. The van der Waals surface area contributed by atoms with Crippen molar-refractivity contribution in [2.24, 2.45) is 0 Å². The van der Waals surface area contributed by atoms with Crippen LogP contribution in [-0.4, -0.2) is 20.1 Å². The zero-order valence-corrected chi connectivity index (χ0v) is 13.4. The molecule has 0 saturated heterocycles. The molecule has 2 aromatic rings. The normalized spacial score (nSPS) is 11.1. The number of allylic oxidation sites excluding steroid dienone is 1. The minimum atomic E-state index is -0.818. The fourth-order valence-electron chi connectivity index (χ4n) is 1.91. The fraction of sp³-hybridized carbons (Fsp3) is 0.0667. The van der Waals surface area contributed by atoms with E-state index in [0.29, 0.717) is 10.2 Å². The molecule has 1 aromatic carbocycles. The molecule has 23 heavy (non-hydrogen) atoms. The third-order valence-corrected chi connectivity index (χ3v) is 3.60. The highest BCUT2D eigenvalue weighted by Gasteiger charge is 2.19. The van der Waals surface area contributed by atoms with Crippen molar-refractivity contribution in [3.8, 4) is 17.6 Å². The maximum Gasteiger partial charge on any atom is 0.315 e. The number of hydrogen-bond donors (Lipinski definition) is 2. The number of aromatic nitrogens is 1. The average Bonchev–Trinajstić information content (AvgIpc) is 2.48. The zero-order chi connectivity index (χ0) is 17.1. The Balaban J connectivity index is 2.59. The van der Waals surface area contributed by atoms with Gasteiger partial charge in [0.1, 0.15) is 4.60 Å². The molecule has 7 nitrogen and oxygen atoms in total. The third-order valence-electron chi connectivity index (χ3n) is 3.00. The number of nitrogens with zero attached hydrogens (tertiary/aromatic N) is 3. The first-order valence-electron chi connectivity index (χ1n) is 6.29. The highest BCUT2D eigenvalue weighted by molar-refractivity contribution is 9.10. The molecule has 0 amide bonds. The number of benzene rings is 1. The van der Waals surface area contributed by atoms with E-state index in [-0.39, 0.29) is 11.1 Å². The number of phenols is 2. The highest BCUT2D eigenvalue weighted by Crippen LogP contribution is 2.37. The second-order valence-electron chi connectivity index (χ2n) is 4.63. The van der Waals surface area contributed by atoms with Crippen molar-refractivity contribution in [3.63, 3.8) is 0 Å². The first-order valence-corrected chi connectivity index (χ1v) is 7.08. The summed E-state index contributed by atoms with van der Waals surface area (Å²) in [5, 5.41) is 39.3. The van der Waals surface area contributed by atoms with Crippen molar-refractivity contribution in [2.75, 3.05) is 0 Å². The number of aromatic hydroxyl groups is 2. The summed E-state index contributed by atoms with van der Waals surface area (Å²) in [4.78, 5) is 14.2. The van der Waals surface area contributed by atoms with Crippen molar-refractivity contribution in [1.29, 1.82) is 5.26 Å². The Morgan fingerprint density at radius 1 is 1.43 bits per heavy atom. The van der Waals surface area contributed by atoms with Crippen molar-refractivity contribution in [3.05, 3.63) is 55.8 Å². The SMILES string of the molecule is Cc1ccc(/C(C#N)=C/c2cc(O)c(O)c([N+](=O)[O-])c2)c(Br)n1. The number of nitro benzene ring substituents is 1. The first-order chi connectivity index (χ1) is 10.8. The van der Waals surface area contributed by atoms with Gasteiger partial charge in [0.2, 0.25) is 5.75 Å². The van der Waals surface area contributed by atoms with Gasteiger partial charge in [-0.2, -0.15) is 5.26 Å². The van der Waals surface area contributed by atoms with Crippen molar-refractivity contribution < 1.29 is 15.1 Å². The quantitative estimate of drug-likeness (QED) is 0.278. The zero-order valence-electron chi connectivity index (χ0n) is 11.8. The molecule has 0 bridgehead atoms. The molecule has 0 aliphatic heterocycles. The van der Waals surface area contributed by atoms with Gasteiger partial charge in [0.05, 0.1) is 16.6 Å². The molecular formula is C15H10BrN3O4. The lowest BCUT2D eigenvalue weighted by molar-refractivity contribution is -0.386. The van der Waals surface area contributed by atoms with Gasteiger partial charge in [0.25, 0.3) is 0 Å². The standard InChI is InChI=1S/C15H10BrN3O4/c1-8-2-3-11(15(16)18-8)10(7-17)4-9-5-12(19(22)23)14(21)13(20)6-9/h2-6,20-21H,1H3/b10-4+. The Hall–Kier alpha value is -2.92. The molecular weight excluding hydrogens is 366 g/mol. The Kier molecular flexibility index (Phi) is 4.62. The summed E-state index contributed by atoms with van der Waals surface area (Å²) < 4.78 is 0.461. The summed E-state index contributed by atoms with van der Waals surface area (Å²) in [6.45, 7) is 1.80. The highest BCUT2D eigenvalue weighted by atomic mass is 79.9. The molecule has 0 fully saturated rings. The van der Waals surface area contributed by atoms with Crippen LogP contribution in [0.15, 0.2) is 28.9 Å². The van der Waals surface area contributed by atoms with Gasteiger partial charge >= 0.3 is 5.69 Å². The van der Waals surface area contributed by atoms with Crippen LogP contribution in [0.2, 0.25) is 0 Å². The van der Waals surface area contributed by atoms with Crippen LogP contribution in [0.25, 0.3) is 11.6 Å². The molecule has 2 N–H and O–H groups in total. The Morgan fingerprint density at radius 2 is 2.13 bits per heavy atom. The molecule has 116 valence electrons. The van der Waals surface area contributed by atoms with Gasteiger partial charge in [-0.3, -0.25) is 10.1 Å². The van der Waals surface area contributed by atoms with Crippen LogP contribution in [0.3, 0.4) is 0 Å². The van der Waals surface area contributed by atoms with E-state index < -0.39 is 22.1 Å². The minimum Gasteiger partial charge on any atom is -0.504 e. The van der Waals surface area contributed by atoms with Gasteiger partial charge in [-0.1, -0.05) is 0 Å². The third kappa shape index (κ3) is 3.46. The summed E-state index contributed by atoms with van der Waals surface area (Å²) in [5.74, 6) is -1.45. The molecule has 0 atom stereocenters. The largest absolute Gasteiger partial charge is 0.504 e. The Labute approximate surface area is 139 Å². The van der Waals surface area contributed by atoms with E-state index in [1.807, 2.05) is 6.07 Å². The predicted octanol–water partition coefficient (Wildman–Crippen LogP) is 3.54. The molecule has 0 aliphatic carbocycles. The summed E-state index contributed by atoms with van der Waals surface area (Å²) >= 11 is 3.27. The number of rotatable bonds is 3. The van der Waals surface area contributed by atoms with Crippen LogP contribution >= 0.6 is 15.9 Å². The summed E-state index contributed by atoms with van der Waals surface area (Å²) in [6, 6.07) is 7.61. The topological polar surface area (TPSA) is 120 Å². The van der Waals surface area contributed by atoms with Crippen LogP contribution in [0, 0.1) is 28.4 Å². The first kappa shape index (κ1) is 16.5. The molecule has 2 rings (SSSR count). The summed E-state index contributed by atoms with van der Waals surface area (Å²) in [5.41, 5.74) is 1.03. The van der Waals surface area contributed by atoms with Gasteiger partial charge in [0.15, 0.2) is 5.75 Å². The molecule has 0 unspecified atom stereocenters. The second-order valence-corrected chi connectivity index (χ2v) is 5.38. The fourth-order valence-corrected chi connectivity index (χ4v) is 2.54. The van der Waals surface area contributed by atoms with E-state index in [1.165, 1.54) is 6.08 Å². The summed E-state index contributed by atoms with van der Waals surface area (Å²) in [7, 11) is 0. The molecule has 0 aliphatic rings. The van der Waals surface area contributed by atoms with E-state index >= 15 is 0 Å². The smallest absolute Gasteiger partial charge is 0.315 e. The van der Waals surface area contributed by atoms with E-state index in [4.69, 9.17) is 0 Å². The Morgan fingerprint density at radius 3 is 2.70 bits per heavy atom. The number of halogens is 1. The number of nitriles is 1. The molecule has 0 saturated carbocycles. The van der Waals surface area contributed by atoms with E-state index in [0.717, 1.165) is 17.8 Å². The molecule has 0 radical (unpaired) electrons. The molecule has 8 heteroatoms.